The minimum absolute atomic E-state index is 0.513. The van der Waals surface area contributed by atoms with Gasteiger partial charge in [-0.15, -0.1) is 0 Å². The first kappa shape index (κ1) is 35.5. The Balaban J connectivity index is 1.14. The predicted molar refractivity (Wildman–Crippen MR) is 252 cm³/mol. The molecule has 290 valence electrons. The van der Waals surface area contributed by atoms with E-state index in [1.165, 1.54) is 0 Å². The third-order valence-corrected chi connectivity index (χ3v) is 11.8. The number of hydrogen-bond donors (Lipinski definition) is 0. The fourth-order valence-electron chi connectivity index (χ4n) is 8.93. The van der Waals surface area contributed by atoms with Crippen LogP contribution >= 0.6 is 0 Å². The second-order valence-corrected chi connectivity index (χ2v) is 15.4. The molecule has 0 saturated heterocycles. The van der Waals surface area contributed by atoms with Gasteiger partial charge in [-0.3, -0.25) is 0 Å². The van der Waals surface area contributed by atoms with Crippen molar-refractivity contribution >= 4 is 43.9 Å². The number of nitrogens with zero attached hydrogens (tertiary/aromatic N) is 3. The van der Waals surface area contributed by atoms with Crippen LogP contribution in [0.5, 0.6) is 0 Å². The fraction of sp³-hybridized carbons (Fsp3) is 0. The molecule has 0 radical (unpaired) electrons. The minimum Gasteiger partial charge on any atom is -0.455 e. The van der Waals surface area contributed by atoms with E-state index in [2.05, 4.69) is 146 Å². The van der Waals surface area contributed by atoms with Gasteiger partial charge in [0.1, 0.15) is 22.3 Å². The van der Waals surface area contributed by atoms with Gasteiger partial charge in [-0.05, 0) is 57.6 Å². The van der Waals surface area contributed by atoms with Crippen LogP contribution in [0.1, 0.15) is 0 Å². The molecule has 3 aromatic heterocycles. The Morgan fingerprint density at radius 3 is 1.23 bits per heavy atom. The van der Waals surface area contributed by atoms with Crippen molar-refractivity contribution in [2.45, 2.75) is 0 Å². The summed E-state index contributed by atoms with van der Waals surface area (Å²) in [5.74, 6) is 1.61. The highest BCUT2D eigenvalue weighted by Crippen LogP contribution is 2.47. The lowest BCUT2D eigenvalue weighted by atomic mass is 9.93. The molecule has 9 aromatic carbocycles. The minimum atomic E-state index is 0.513. The van der Waals surface area contributed by atoms with E-state index in [-0.39, 0.29) is 0 Å². The number of para-hydroxylation sites is 1. The first-order valence-electron chi connectivity index (χ1n) is 20.8. The molecule has 0 fully saturated rings. The molecule has 5 heteroatoms. The summed E-state index contributed by atoms with van der Waals surface area (Å²) in [6, 6.07) is 73.1. The highest BCUT2D eigenvalue weighted by Gasteiger charge is 2.25. The predicted octanol–water partition coefficient (Wildman–Crippen LogP) is 15.3. The van der Waals surface area contributed by atoms with Gasteiger partial charge in [0.25, 0.3) is 0 Å². The SMILES string of the molecule is c1ccc(-c2nc(-c3cccc4c3oc3c(-c5ccccc5)ccc(-c5ccccc5)c34)nc(-c3cccc4oc5c(-c6ccccc6)ccc(-c6ccccc6)c5c34)n2)cc1. The first-order chi connectivity index (χ1) is 30.8. The van der Waals surface area contributed by atoms with Crippen molar-refractivity contribution < 1.29 is 8.83 Å². The van der Waals surface area contributed by atoms with Crippen molar-refractivity contribution in [1.82, 2.24) is 15.0 Å². The number of fused-ring (bicyclic) bond motifs is 6. The molecule has 0 N–H and O–H groups in total. The Kier molecular flexibility index (Phi) is 8.42. The Hall–Kier alpha value is -8.41. The Labute approximate surface area is 357 Å². The molecule has 62 heavy (non-hydrogen) atoms. The van der Waals surface area contributed by atoms with E-state index >= 15 is 0 Å². The van der Waals surface area contributed by atoms with Gasteiger partial charge in [-0.25, -0.2) is 15.0 Å². The van der Waals surface area contributed by atoms with E-state index in [0.29, 0.717) is 23.1 Å². The normalized spacial score (nSPS) is 11.5. The zero-order chi connectivity index (χ0) is 41.0. The van der Waals surface area contributed by atoms with E-state index < -0.39 is 0 Å². The van der Waals surface area contributed by atoms with Gasteiger partial charge >= 0.3 is 0 Å². The molecule has 0 unspecified atom stereocenters. The second-order valence-electron chi connectivity index (χ2n) is 15.4. The summed E-state index contributed by atoms with van der Waals surface area (Å²) in [4.78, 5) is 15.9. The molecule has 0 saturated carbocycles. The van der Waals surface area contributed by atoms with E-state index in [4.69, 9.17) is 23.8 Å². The topological polar surface area (TPSA) is 65.0 Å². The Bertz CT molecular complexity index is 3600. The third kappa shape index (κ3) is 5.90. The van der Waals surface area contributed by atoms with Gasteiger partial charge < -0.3 is 8.83 Å². The summed E-state index contributed by atoms with van der Waals surface area (Å²) in [5, 5.41) is 3.98. The zero-order valence-electron chi connectivity index (χ0n) is 33.4. The van der Waals surface area contributed by atoms with Crippen molar-refractivity contribution in [2.24, 2.45) is 0 Å². The second kappa shape index (κ2) is 14.7. The number of furan rings is 2. The summed E-state index contributed by atoms with van der Waals surface area (Å²) >= 11 is 0. The number of hydrogen-bond acceptors (Lipinski definition) is 5. The van der Waals surface area contributed by atoms with Crippen LogP contribution < -0.4 is 0 Å². The molecule has 12 rings (SSSR count). The van der Waals surface area contributed by atoms with Crippen molar-refractivity contribution in [3.63, 3.8) is 0 Å². The summed E-state index contributed by atoms with van der Waals surface area (Å²) in [6.45, 7) is 0. The lowest BCUT2D eigenvalue weighted by molar-refractivity contribution is 0.670. The fourth-order valence-corrected chi connectivity index (χ4v) is 8.93. The monoisotopic (exact) mass is 793 g/mol. The molecule has 0 bridgehead atoms. The van der Waals surface area contributed by atoms with Gasteiger partial charge in [0.05, 0.1) is 5.56 Å². The van der Waals surface area contributed by atoms with E-state index in [9.17, 15) is 0 Å². The molecule has 0 aliphatic rings. The third-order valence-electron chi connectivity index (χ3n) is 11.8. The highest BCUT2D eigenvalue weighted by atomic mass is 16.3. The molecule has 12 aromatic rings. The average Bonchev–Trinajstić information content (AvgIpc) is 3.95. The average molecular weight is 794 g/mol. The smallest absolute Gasteiger partial charge is 0.167 e. The molecule has 5 nitrogen and oxygen atoms in total. The maximum Gasteiger partial charge on any atom is 0.167 e. The number of aromatic nitrogens is 3. The van der Waals surface area contributed by atoms with Gasteiger partial charge in [0, 0.05) is 43.8 Å². The van der Waals surface area contributed by atoms with Crippen LogP contribution in [0.25, 0.3) is 123 Å². The van der Waals surface area contributed by atoms with Gasteiger partial charge in [0.15, 0.2) is 17.5 Å². The highest BCUT2D eigenvalue weighted by molar-refractivity contribution is 6.21. The van der Waals surface area contributed by atoms with Crippen LogP contribution in [0.4, 0.5) is 0 Å². The van der Waals surface area contributed by atoms with Crippen LogP contribution in [0, 0.1) is 0 Å². The summed E-state index contributed by atoms with van der Waals surface area (Å²) in [5.41, 5.74) is 14.2. The van der Waals surface area contributed by atoms with Crippen LogP contribution in [-0.2, 0) is 0 Å². The van der Waals surface area contributed by atoms with E-state index in [1.807, 2.05) is 66.7 Å². The van der Waals surface area contributed by atoms with Gasteiger partial charge in [0.2, 0.25) is 0 Å². The summed E-state index contributed by atoms with van der Waals surface area (Å²) < 4.78 is 14.0. The molecular weight excluding hydrogens is 759 g/mol. The van der Waals surface area contributed by atoms with E-state index in [0.717, 1.165) is 99.5 Å². The number of rotatable bonds is 7. The number of benzene rings is 9. The molecule has 0 atom stereocenters. The molecule has 0 spiro atoms. The summed E-state index contributed by atoms with van der Waals surface area (Å²) in [6.07, 6.45) is 0. The van der Waals surface area contributed by atoms with Crippen LogP contribution in [0.15, 0.2) is 221 Å². The molecule has 3 heterocycles. The Morgan fingerprint density at radius 2 is 0.661 bits per heavy atom. The lowest BCUT2D eigenvalue weighted by Crippen LogP contribution is -2.00. The lowest BCUT2D eigenvalue weighted by Gasteiger charge is -2.11. The Morgan fingerprint density at radius 1 is 0.242 bits per heavy atom. The standard InChI is InChI=1S/C57H35N3O2/c1-6-18-36(19-7-1)41-32-34-43(38-22-10-3-11-23-38)53-49(41)45-28-16-30-47(52(45)62-53)57-59-55(40-26-14-5-15-27-40)58-56(60-57)46-29-17-31-48-50(46)51-42(37-20-8-2-9-21-37)33-35-44(54(51)61-48)39-24-12-4-13-25-39/h1-35H. The van der Waals surface area contributed by atoms with Crippen molar-refractivity contribution in [1.29, 1.82) is 0 Å². The first-order valence-corrected chi connectivity index (χ1v) is 20.8. The maximum atomic E-state index is 7.10. The molecule has 0 amide bonds. The van der Waals surface area contributed by atoms with E-state index in [1.54, 1.807) is 0 Å². The van der Waals surface area contributed by atoms with Gasteiger partial charge in [-0.1, -0.05) is 188 Å². The maximum absolute atomic E-state index is 7.10. The van der Waals surface area contributed by atoms with Crippen LogP contribution in [-0.4, -0.2) is 15.0 Å². The molecular formula is C57H35N3O2. The van der Waals surface area contributed by atoms with Gasteiger partial charge in [-0.2, -0.15) is 0 Å². The quantitative estimate of drug-likeness (QED) is 0.161. The van der Waals surface area contributed by atoms with Crippen molar-refractivity contribution in [2.75, 3.05) is 0 Å². The van der Waals surface area contributed by atoms with Crippen LogP contribution in [0.3, 0.4) is 0 Å². The van der Waals surface area contributed by atoms with Crippen LogP contribution in [0.2, 0.25) is 0 Å². The zero-order valence-corrected chi connectivity index (χ0v) is 33.4. The molecule has 0 aliphatic carbocycles. The molecule has 0 aliphatic heterocycles. The summed E-state index contributed by atoms with van der Waals surface area (Å²) in [7, 11) is 0. The largest absolute Gasteiger partial charge is 0.455 e. The van der Waals surface area contributed by atoms with Crippen molar-refractivity contribution in [3.8, 4) is 78.7 Å². The van der Waals surface area contributed by atoms with Crippen molar-refractivity contribution in [3.05, 3.63) is 212 Å².